The number of nitrogens with zero attached hydrogens (tertiary/aromatic N) is 2. The van der Waals surface area contributed by atoms with E-state index < -0.39 is 0 Å². The number of ether oxygens (including phenoxy) is 1. The molecular formula is C16H28ClN3O. The quantitative estimate of drug-likeness (QED) is 0.877. The second kappa shape index (κ2) is 7.61. The number of likely N-dealkylation sites (N-methyl/N-ethyl adjacent to an activating group) is 1. The molecule has 0 bridgehead atoms. The van der Waals surface area contributed by atoms with Crippen LogP contribution < -0.4 is 5.32 Å². The van der Waals surface area contributed by atoms with Gasteiger partial charge in [0.25, 0.3) is 0 Å². The first kappa shape index (κ1) is 16.8. The average Bonchev–Trinajstić information content (AvgIpc) is 2.74. The highest BCUT2D eigenvalue weighted by Crippen LogP contribution is 2.31. The van der Waals surface area contributed by atoms with Crippen LogP contribution in [-0.4, -0.2) is 36.1 Å². The van der Waals surface area contributed by atoms with Crippen LogP contribution in [0.4, 0.5) is 0 Å². The highest BCUT2D eigenvalue weighted by atomic mass is 35.5. The molecule has 0 spiro atoms. The molecule has 4 nitrogen and oxygen atoms in total. The summed E-state index contributed by atoms with van der Waals surface area (Å²) in [6.07, 6.45) is 7.65. The van der Waals surface area contributed by atoms with Crippen molar-refractivity contribution in [3.05, 3.63) is 16.4 Å². The Morgan fingerprint density at radius 2 is 2.05 bits per heavy atom. The first-order valence-electron chi connectivity index (χ1n) is 7.96. The van der Waals surface area contributed by atoms with Gasteiger partial charge in [-0.15, -0.1) is 0 Å². The van der Waals surface area contributed by atoms with Gasteiger partial charge in [0.1, 0.15) is 0 Å². The molecule has 0 amide bonds. The number of hydrogen-bond donors (Lipinski definition) is 1. The fraction of sp³-hybridized carbons (Fsp3) is 0.812. The van der Waals surface area contributed by atoms with Gasteiger partial charge in [-0.1, -0.05) is 30.9 Å². The first-order chi connectivity index (χ1) is 10.1. The summed E-state index contributed by atoms with van der Waals surface area (Å²) in [5.41, 5.74) is 1.99. The van der Waals surface area contributed by atoms with Crippen LogP contribution in [0.2, 0.25) is 5.02 Å². The van der Waals surface area contributed by atoms with Crippen molar-refractivity contribution < 1.29 is 4.74 Å². The Morgan fingerprint density at radius 3 is 2.52 bits per heavy atom. The zero-order valence-electron chi connectivity index (χ0n) is 13.7. The zero-order valence-corrected chi connectivity index (χ0v) is 14.4. The molecule has 0 saturated heterocycles. The second-order valence-corrected chi connectivity index (χ2v) is 6.55. The minimum atomic E-state index is 0.238. The van der Waals surface area contributed by atoms with Gasteiger partial charge in [0.2, 0.25) is 0 Å². The summed E-state index contributed by atoms with van der Waals surface area (Å²) in [5, 5.41) is 8.64. The van der Waals surface area contributed by atoms with Crippen molar-refractivity contribution in [2.45, 2.75) is 57.6 Å². The Bertz CT molecular complexity index is 455. The highest BCUT2D eigenvalue weighted by Gasteiger charge is 2.31. The summed E-state index contributed by atoms with van der Waals surface area (Å²) >= 11 is 6.40. The van der Waals surface area contributed by atoms with Crippen molar-refractivity contribution in [3.63, 3.8) is 0 Å². The molecule has 1 aliphatic carbocycles. The van der Waals surface area contributed by atoms with Gasteiger partial charge in [0.15, 0.2) is 0 Å². The van der Waals surface area contributed by atoms with Crippen LogP contribution in [0.15, 0.2) is 0 Å². The van der Waals surface area contributed by atoms with Gasteiger partial charge in [0.05, 0.1) is 22.5 Å². The van der Waals surface area contributed by atoms with E-state index in [0.29, 0.717) is 5.92 Å². The van der Waals surface area contributed by atoms with E-state index in [1.807, 2.05) is 32.8 Å². The van der Waals surface area contributed by atoms with E-state index in [4.69, 9.17) is 16.3 Å². The molecule has 1 heterocycles. The lowest BCUT2D eigenvalue weighted by Gasteiger charge is -2.35. The van der Waals surface area contributed by atoms with E-state index in [1.165, 1.54) is 32.1 Å². The summed E-state index contributed by atoms with van der Waals surface area (Å²) in [6.45, 7) is 1.95. The minimum Gasteiger partial charge on any atom is -0.380 e. The van der Waals surface area contributed by atoms with E-state index in [0.717, 1.165) is 22.8 Å². The molecule has 1 aromatic heterocycles. The van der Waals surface area contributed by atoms with Crippen LogP contribution in [0.25, 0.3) is 0 Å². The third-order valence-corrected chi connectivity index (χ3v) is 5.32. The molecule has 5 heteroatoms. The zero-order chi connectivity index (χ0) is 15.4. The number of aromatic nitrogens is 2. The van der Waals surface area contributed by atoms with Gasteiger partial charge >= 0.3 is 0 Å². The Morgan fingerprint density at radius 1 is 1.38 bits per heavy atom. The summed E-state index contributed by atoms with van der Waals surface area (Å²) in [6, 6.07) is 0.269. The van der Waals surface area contributed by atoms with Crippen molar-refractivity contribution in [2.75, 3.05) is 14.2 Å². The molecule has 0 aliphatic heterocycles. The number of hydrogen-bond acceptors (Lipinski definition) is 3. The summed E-state index contributed by atoms with van der Waals surface area (Å²) in [5.74, 6) is 0.648. The summed E-state index contributed by atoms with van der Waals surface area (Å²) < 4.78 is 7.76. The van der Waals surface area contributed by atoms with Gasteiger partial charge in [-0.2, -0.15) is 5.10 Å². The van der Waals surface area contributed by atoms with Gasteiger partial charge in [0, 0.05) is 26.6 Å². The van der Waals surface area contributed by atoms with Gasteiger partial charge in [-0.25, -0.2) is 0 Å². The molecule has 21 heavy (non-hydrogen) atoms. The second-order valence-electron chi connectivity index (χ2n) is 6.17. The van der Waals surface area contributed by atoms with Gasteiger partial charge < -0.3 is 10.1 Å². The summed E-state index contributed by atoms with van der Waals surface area (Å²) in [4.78, 5) is 0. The minimum absolute atomic E-state index is 0.238. The molecule has 2 rings (SSSR count). The third kappa shape index (κ3) is 3.79. The molecule has 1 aromatic rings. The molecule has 2 atom stereocenters. The summed E-state index contributed by atoms with van der Waals surface area (Å²) in [7, 11) is 5.81. The van der Waals surface area contributed by atoms with E-state index in [2.05, 4.69) is 10.4 Å². The molecule has 2 unspecified atom stereocenters. The molecular weight excluding hydrogens is 286 g/mol. The number of halogens is 1. The molecule has 1 fully saturated rings. The molecule has 120 valence electrons. The van der Waals surface area contributed by atoms with E-state index >= 15 is 0 Å². The standard InChI is InChI=1S/C16H28ClN3O/c1-11-15(17)14(20(3)19-11)10-13(18-2)16(21-4)12-8-6-5-7-9-12/h12-13,16,18H,5-10H2,1-4H3. The number of methoxy groups -OCH3 is 1. The molecule has 0 radical (unpaired) electrons. The Hall–Kier alpha value is -0.580. The van der Waals surface area contributed by atoms with Gasteiger partial charge in [-0.3, -0.25) is 4.68 Å². The van der Waals surface area contributed by atoms with E-state index in [9.17, 15) is 0 Å². The topological polar surface area (TPSA) is 39.1 Å². The predicted molar refractivity (Wildman–Crippen MR) is 86.9 cm³/mol. The van der Waals surface area contributed by atoms with Crippen LogP contribution >= 0.6 is 11.6 Å². The Labute approximate surface area is 133 Å². The predicted octanol–water partition coefficient (Wildman–Crippen LogP) is 3.11. The molecule has 1 aliphatic rings. The molecule has 1 saturated carbocycles. The smallest absolute Gasteiger partial charge is 0.0847 e. The average molecular weight is 314 g/mol. The number of aryl methyl sites for hydroxylation is 2. The van der Waals surface area contributed by atoms with Crippen LogP contribution in [0.1, 0.15) is 43.5 Å². The largest absolute Gasteiger partial charge is 0.380 e. The fourth-order valence-electron chi connectivity index (χ4n) is 3.64. The van der Waals surface area contributed by atoms with E-state index in [-0.39, 0.29) is 12.1 Å². The first-order valence-corrected chi connectivity index (χ1v) is 8.34. The van der Waals surface area contributed by atoms with E-state index in [1.54, 1.807) is 0 Å². The lowest BCUT2D eigenvalue weighted by atomic mass is 9.81. The number of rotatable bonds is 6. The SMILES string of the molecule is CNC(Cc1c(Cl)c(C)nn1C)C(OC)C1CCCCC1. The van der Waals surface area contributed by atoms with Crippen LogP contribution in [0, 0.1) is 12.8 Å². The van der Waals surface area contributed by atoms with Crippen molar-refractivity contribution in [1.29, 1.82) is 0 Å². The van der Waals surface area contributed by atoms with Crippen LogP contribution in [0.5, 0.6) is 0 Å². The van der Waals surface area contributed by atoms with Crippen molar-refractivity contribution in [1.82, 2.24) is 15.1 Å². The van der Waals surface area contributed by atoms with Gasteiger partial charge in [-0.05, 0) is 32.7 Å². The molecule has 0 aromatic carbocycles. The normalized spacial score (nSPS) is 19.7. The lowest BCUT2D eigenvalue weighted by molar-refractivity contribution is 0.00975. The maximum absolute atomic E-state index is 6.40. The van der Waals surface area contributed by atoms with Crippen molar-refractivity contribution in [3.8, 4) is 0 Å². The van der Waals surface area contributed by atoms with Crippen molar-refractivity contribution >= 4 is 11.6 Å². The van der Waals surface area contributed by atoms with Crippen molar-refractivity contribution in [2.24, 2.45) is 13.0 Å². The molecule has 1 N–H and O–H groups in total. The highest BCUT2D eigenvalue weighted by molar-refractivity contribution is 6.31. The maximum atomic E-state index is 6.40. The van der Waals surface area contributed by atoms with Crippen LogP contribution in [0.3, 0.4) is 0 Å². The number of nitrogens with one attached hydrogen (secondary N) is 1. The fourth-order valence-corrected chi connectivity index (χ4v) is 3.88. The Balaban J connectivity index is 2.13. The Kier molecular flexibility index (Phi) is 6.08. The monoisotopic (exact) mass is 313 g/mol. The van der Waals surface area contributed by atoms with Crippen LogP contribution in [-0.2, 0) is 18.2 Å². The lowest BCUT2D eigenvalue weighted by Crippen LogP contribution is -2.45. The maximum Gasteiger partial charge on any atom is 0.0847 e. The third-order valence-electron chi connectivity index (χ3n) is 4.83.